The zero-order valence-electron chi connectivity index (χ0n) is 38.8. The maximum atomic E-state index is 12.7. The Balaban J connectivity index is 4.61. The van der Waals surface area contributed by atoms with Crippen molar-refractivity contribution in [1.82, 2.24) is 0 Å². The number of rotatable bonds is 39. The van der Waals surface area contributed by atoms with Crippen molar-refractivity contribution in [2.24, 2.45) is 0 Å². The summed E-state index contributed by atoms with van der Waals surface area (Å²) in [5, 5.41) is 0. The number of carbonyl (C=O) groups is 3. The van der Waals surface area contributed by atoms with Gasteiger partial charge in [0, 0.05) is 12.8 Å². The first-order chi connectivity index (χ1) is 30.5. The molecule has 1 unspecified atom stereocenters. The average Bonchev–Trinajstić information content (AvgIpc) is 3.27. The zero-order valence-corrected chi connectivity index (χ0v) is 38.8. The molecule has 1 atom stereocenters. The van der Waals surface area contributed by atoms with Crippen LogP contribution in [0.4, 0.5) is 0 Å². The summed E-state index contributed by atoms with van der Waals surface area (Å²) in [6.45, 7) is 6.05. The molecule has 0 radical (unpaired) electrons. The zero-order chi connectivity index (χ0) is 45.1. The van der Waals surface area contributed by atoms with E-state index in [2.05, 4.69) is 154 Å². The van der Waals surface area contributed by atoms with Gasteiger partial charge >= 0.3 is 17.9 Å². The number of hydrogen-bond acceptors (Lipinski definition) is 6. The van der Waals surface area contributed by atoms with Crippen molar-refractivity contribution in [3.63, 3.8) is 0 Å². The van der Waals surface area contributed by atoms with Gasteiger partial charge in [0.15, 0.2) is 6.10 Å². The molecule has 62 heavy (non-hydrogen) atoms. The van der Waals surface area contributed by atoms with Crippen LogP contribution in [-0.4, -0.2) is 37.2 Å². The molecule has 342 valence electrons. The standard InChI is InChI=1S/C56H82O6/c1-4-7-10-13-16-19-21-23-25-27-28-29-31-32-34-37-40-43-46-49-55(58)61-52-53(51-60-54(57)48-45-42-39-36-18-15-12-9-6-3)62-56(59)50-47-44-41-38-35-33-30-26-24-22-20-17-14-11-8-5-2/h7-12,16-20,23-26,28-29,32-36,41-42,44-45,53H,4-6,13-15,21-22,27,30-31,37-40,43,46-52H2,1-3H3/b10-7-,11-8-,12-9-,19-16-,20-17-,25-23-,26-24-,29-28-,34-32-,35-33-,36-18-,44-41-,45-42-. The van der Waals surface area contributed by atoms with Gasteiger partial charge in [0.05, 0.1) is 6.42 Å². The first-order valence-electron chi connectivity index (χ1n) is 23.5. The summed E-state index contributed by atoms with van der Waals surface area (Å²) in [5.41, 5.74) is 0. The Morgan fingerprint density at radius 1 is 0.339 bits per heavy atom. The highest BCUT2D eigenvalue weighted by Crippen LogP contribution is 2.08. The van der Waals surface area contributed by atoms with Crippen LogP contribution in [0.2, 0.25) is 0 Å². The molecule has 0 aromatic rings. The number of unbranched alkanes of at least 4 members (excludes halogenated alkanes) is 3. The van der Waals surface area contributed by atoms with Crippen molar-refractivity contribution in [2.45, 2.75) is 162 Å². The molecular weight excluding hydrogens is 769 g/mol. The van der Waals surface area contributed by atoms with E-state index in [0.29, 0.717) is 12.8 Å². The number of carbonyl (C=O) groups excluding carboxylic acids is 3. The van der Waals surface area contributed by atoms with E-state index in [1.807, 2.05) is 18.2 Å². The fourth-order valence-corrected chi connectivity index (χ4v) is 5.40. The lowest BCUT2D eigenvalue weighted by molar-refractivity contribution is -0.166. The van der Waals surface area contributed by atoms with Gasteiger partial charge in [0.25, 0.3) is 0 Å². The predicted molar refractivity (Wildman–Crippen MR) is 265 cm³/mol. The third kappa shape index (κ3) is 46.1. The fourth-order valence-electron chi connectivity index (χ4n) is 5.40. The summed E-state index contributed by atoms with van der Waals surface area (Å²) >= 11 is 0. The third-order valence-electron chi connectivity index (χ3n) is 8.81. The monoisotopic (exact) mass is 851 g/mol. The fraction of sp³-hybridized carbons (Fsp3) is 0.482. The van der Waals surface area contributed by atoms with Gasteiger partial charge in [-0.2, -0.15) is 0 Å². The Hall–Kier alpha value is -4.97. The van der Waals surface area contributed by atoms with Gasteiger partial charge in [-0.15, -0.1) is 0 Å². The maximum Gasteiger partial charge on any atom is 0.309 e. The maximum absolute atomic E-state index is 12.7. The summed E-state index contributed by atoms with van der Waals surface area (Å²) < 4.78 is 16.5. The second-order valence-electron chi connectivity index (χ2n) is 14.5. The van der Waals surface area contributed by atoms with Crippen LogP contribution in [0.1, 0.15) is 156 Å². The first kappa shape index (κ1) is 57.0. The van der Waals surface area contributed by atoms with Crippen molar-refractivity contribution >= 4 is 17.9 Å². The topological polar surface area (TPSA) is 78.9 Å². The lowest BCUT2D eigenvalue weighted by Gasteiger charge is -2.18. The van der Waals surface area contributed by atoms with Gasteiger partial charge in [-0.1, -0.05) is 185 Å². The Labute approximate surface area is 378 Å². The van der Waals surface area contributed by atoms with Crippen LogP contribution in [-0.2, 0) is 28.6 Å². The lowest BCUT2D eigenvalue weighted by Crippen LogP contribution is -2.30. The molecule has 0 rings (SSSR count). The largest absolute Gasteiger partial charge is 0.462 e. The average molecular weight is 851 g/mol. The molecule has 0 aliphatic heterocycles. The molecule has 0 spiro atoms. The molecule has 0 amide bonds. The highest BCUT2D eigenvalue weighted by atomic mass is 16.6. The van der Waals surface area contributed by atoms with Crippen LogP contribution in [0.5, 0.6) is 0 Å². The SMILES string of the molecule is CC/C=C\C/C=C\C/C=C\C/C=C\C/C=C\CCCCCC(=O)OCC(COC(=O)C/C=C\C/C=C\C/C=C\CC)OC(=O)CC/C=C\C/C=C\C/C=C\C/C=C\C/C=C\CC. The summed E-state index contributed by atoms with van der Waals surface area (Å²) in [6, 6.07) is 0. The number of allylic oxidation sites excluding steroid dienone is 25. The molecule has 0 bridgehead atoms. The Bertz CT molecular complexity index is 1490. The summed E-state index contributed by atoms with van der Waals surface area (Å²) in [5.74, 6) is -1.22. The molecule has 6 heteroatoms. The normalized spacial score (nSPS) is 13.5. The molecule has 0 aliphatic rings. The van der Waals surface area contributed by atoms with Crippen LogP contribution in [0.3, 0.4) is 0 Å². The molecule has 0 aromatic heterocycles. The molecule has 0 saturated carbocycles. The van der Waals surface area contributed by atoms with Crippen molar-refractivity contribution in [1.29, 1.82) is 0 Å². The van der Waals surface area contributed by atoms with Crippen LogP contribution in [0, 0.1) is 0 Å². The summed E-state index contributed by atoms with van der Waals surface area (Å²) in [6.07, 6.45) is 71.3. The van der Waals surface area contributed by atoms with Crippen molar-refractivity contribution < 1.29 is 28.6 Å². The van der Waals surface area contributed by atoms with Gasteiger partial charge in [0.1, 0.15) is 13.2 Å². The molecule has 0 aliphatic carbocycles. The molecule has 0 aromatic carbocycles. The van der Waals surface area contributed by atoms with Gasteiger partial charge in [-0.25, -0.2) is 0 Å². The van der Waals surface area contributed by atoms with Crippen molar-refractivity contribution in [2.75, 3.05) is 13.2 Å². The molecule has 0 fully saturated rings. The van der Waals surface area contributed by atoms with E-state index in [4.69, 9.17) is 14.2 Å². The van der Waals surface area contributed by atoms with Gasteiger partial charge in [-0.05, 0) is 109 Å². The molecule has 0 heterocycles. The van der Waals surface area contributed by atoms with E-state index >= 15 is 0 Å². The van der Waals surface area contributed by atoms with Crippen molar-refractivity contribution in [3.8, 4) is 0 Å². The minimum atomic E-state index is -0.873. The van der Waals surface area contributed by atoms with Crippen LogP contribution in [0.15, 0.2) is 158 Å². The Kier molecular flexibility index (Phi) is 44.8. The second-order valence-corrected chi connectivity index (χ2v) is 14.5. The van der Waals surface area contributed by atoms with Gasteiger partial charge < -0.3 is 14.2 Å². The number of hydrogen-bond donors (Lipinski definition) is 0. The van der Waals surface area contributed by atoms with Gasteiger partial charge in [-0.3, -0.25) is 14.4 Å². The molecular formula is C56H82O6. The van der Waals surface area contributed by atoms with Crippen LogP contribution < -0.4 is 0 Å². The minimum absolute atomic E-state index is 0.105. The van der Waals surface area contributed by atoms with E-state index in [1.54, 1.807) is 6.08 Å². The van der Waals surface area contributed by atoms with Crippen molar-refractivity contribution in [3.05, 3.63) is 158 Å². The Morgan fingerprint density at radius 3 is 1.08 bits per heavy atom. The first-order valence-corrected chi connectivity index (χ1v) is 23.5. The number of ether oxygens (including phenoxy) is 3. The van der Waals surface area contributed by atoms with Crippen LogP contribution in [0.25, 0.3) is 0 Å². The van der Waals surface area contributed by atoms with E-state index in [0.717, 1.165) is 103 Å². The molecule has 0 saturated heterocycles. The second kappa shape index (κ2) is 48.7. The third-order valence-corrected chi connectivity index (χ3v) is 8.81. The minimum Gasteiger partial charge on any atom is -0.462 e. The van der Waals surface area contributed by atoms with Gasteiger partial charge in [0.2, 0.25) is 0 Å². The van der Waals surface area contributed by atoms with E-state index in [9.17, 15) is 14.4 Å². The van der Waals surface area contributed by atoms with E-state index in [1.165, 1.54) is 0 Å². The number of esters is 3. The smallest absolute Gasteiger partial charge is 0.309 e. The predicted octanol–water partition coefficient (Wildman–Crippen LogP) is 15.5. The lowest BCUT2D eigenvalue weighted by atomic mass is 10.1. The quantitative estimate of drug-likeness (QED) is 0.0265. The van der Waals surface area contributed by atoms with E-state index in [-0.39, 0.29) is 38.4 Å². The molecule has 6 nitrogen and oxygen atoms in total. The molecule has 0 N–H and O–H groups in total. The highest BCUT2D eigenvalue weighted by molar-refractivity contribution is 5.72. The van der Waals surface area contributed by atoms with Crippen LogP contribution >= 0.6 is 0 Å². The van der Waals surface area contributed by atoms with E-state index < -0.39 is 18.0 Å². The Morgan fingerprint density at radius 2 is 0.677 bits per heavy atom. The summed E-state index contributed by atoms with van der Waals surface area (Å²) in [7, 11) is 0. The summed E-state index contributed by atoms with van der Waals surface area (Å²) in [4.78, 5) is 37.7. The highest BCUT2D eigenvalue weighted by Gasteiger charge is 2.19.